The summed E-state index contributed by atoms with van der Waals surface area (Å²) in [5.41, 5.74) is 0.853. The van der Waals surface area contributed by atoms with Crippen molar-refractivity contribution in [3.63, 3.8) is 0 Å². The molecule has 1 fully saturated rings. The highest BCUT2D eigenvalue weighted by Crippen LogP contribution is 2.24. The lowest BCUT2D eigenvalue weighted by atomic mass is 10.2. The van der Waals surface area contributed by atoms with Crippen molar-refractivity contribution in [3.05, 3.63) is 38.9 Å². The third-order valence-electron chi connectivity index (χ3n) is 2.89. The normalized spacial score (nSPS) is 20.7. The summed E-state index contributed by atoms with van der Waals surface area (Å²) in [6.45, 7) is 2.08. The van der Waals surface area contributed by atoms with E-state index >= 15 is 0 Å². The second-order valence-electron chi connectivity index (χ2n) is 4.21. The number of nitro groups is 1. The van der Waals surface area contributed by atoms with Crippen LogP contribution in [-0.4, -0.2) is 34.1 Å². The molecule has 1 N–H and O–H groups in total. The average molecular weight is 257 g/mol. The molecular weight excluding hydrogens is 244 g/mol. The number of non-ortho nitro benzene ring substituents is 1. The molecule has 1 heterocycles. The molecule has 0 aliphatic carbocycles. The number of nitrogens with zero attached hydrogens (tertiary/aromatic N) is 2. The van der Waals surface area contributed by atoms with Crippen LogP contribution in [0, 0.1) is 10.1 Å². The zero-order chi connectivity index (χ0) is 12.4. The Labute approximate surface area is 104 Å². The molecule has 2 rings (SSSR count). The molecule has 6 heteroatoms. The van der Waals surface area contributed by atoms with Gasteiger partial charge in [-0.05, 0) is 18.1 Å². The summed E-state index contributed by atoms with van der Waals surface area (Å²) in [7, 11) is 0. The standard InChI is InChI=1S/C11H13ClN2O3/c12-11-5-9(14(16)17)2-1-8(11)6-13-4-3-10(15)7-13/h1-2,5,10,15H,3-4,6-7H2/t10-/m0/s1. The summed E-state index contributed by atoms with van der Waals surface area (Å²) in [6, 6.07) is 4.49. The monoisotopic (exact) mass is 256 g/mol. The predicted octanol–water partition coefficient (Wildman–Crippen LogP) is 1.81. The van der Waals surface area contributed by atoms with Crippen LogP contribution in [0.15, 0.2) is 18.2 Å². The number of hydrogen-bond donors (Lipinski definition) is 1. The zero-order valence-electron chi connectivity index (χ0n) is 9.17. The summed E-state index contributed by atoms with van der Waals surface area (Å²) in [5, 5.41) is 20.4. The Kier molecular flexibility index (Phi) is 3.61. The third-order valence-corrected chi connectivity index (χ3v) is 3.24. The molecule has 5 nitrogen and oxygen atoms in total. The van der Waals surface area contributed by atoms with E-state index in [0.29, 0.717) is 18.1 Å². The summed E-state index contributed by atoms with van der Waals surface area (Å²) >= 11 is 5.99. The smallest absolute Gasteiger partial charge is 0.270 e. The fourth-order valence-electron chi connectivity index (χ4n) is 1.97. The Hall–Kier alpha value is -1.17. The number of aliphatic hydroxyl groups excluding tert-OH is 1. The van der Waals surface area contributed by atoms with Crippen molar-refractivity contribution in [3.8, 4) is 0 Å². The van der Waals surface area contributed by atoms with Crippen LogP contribution in [0.4, 0.5) is 5.69 Å². The van der Waals surface area contributed by atoms with Crippen LogP contribution < -0.4 is 0 Å². The molecule has 1 saturated heterocycles. The van der Waals surface area contributed by atoms with E-state index in [1.165, 1.54) is 12.1 Å². The quantitative estimate of drug-likeness (QED) is 0.662. The lowest BCUT2D eigenvalue weighted by molar-refractivity contribution is -0.384. The summed E-state index contributed by atoms with van der Waals surface area (Å²) < 4.78 is 0. The van der Waals surface area contributed by atoms with Crippen molar-refractivity contribution < 1.29 is 10.0 Å². The summed E-state index contributed by atoms with van der Waals surface area (Å²) in [4.78, 5) is 12.2. The molecule has 0 radical (unpaired) electrons. The first-order valence-corrected chi connectivity index (χ1v) is 5.77. The van der Waals surface area contributed by atoms with Gasteiger partial charge >= 0.3 is 0 Å². The summed E-state index contributed by atoms with van der Waals surface area (Å²) in [5.74, 6) is 0. The van der Waals surface area contributed by atoms with Crippen molar-refractivity contribution in [1.82, 2.24) is 4.90 Å². The molecule has 1 atom stereocenters. The van der Waals surface area contributed by atoms with Crippen LogP contribution in [-0.2, 0) is 6.54 Å². The minimum atomic E-state index is -0.463. The molecule has 1 aliphatic rings. The first-order valence-electron chi connectivity index (χ1n) is 5.39. The van der Waals surface area contributed by atoms with Gasteiger partial charge in [0.2, 0.25) is 0 Å². The van der Waals surface area contributed by atoms with E-state index in [4.69, 9.17) is 11.6 Å². The Bertz CT molecular complexity index is 439. The molecule has 0 unspecified atom stereocenters. The van der Waals surface area contributed by atoms with E-state index in [2.05, 4.69) is 4.90 Å². The van der Waals surface area contributed by atoms with Gasteiger partial charge in [0, 0.05) is 31.8 Å². The Morgan fingerprint density at radius 2 is 2.35 bits per heavy atom. The van der Waals surface area contributed by atoms with Crippen LogP contribution in [0.5, 0.6) is 0 Å². The zero-order valence-corrected chi connectivity index (χ0v) is 9.93. The Morgan fingerprint density at radius 3 is 2.88 bits per heavy atom. The molecule has 0 spiro atoms. The van der Waals surface area contributed by atoms with E-state index in [1.807, 2.05) is 0 Å². The Morgan fingerprint density at radius 1 is 1.59 bits per heavy atom. The number of β-amino-alcohol motifs (C(OH)–C–C–N with tert-alkyl or cyclic N) is 1. The first kappa shape index (κ1) is 12.3. The van der Waals surface area contributed by atoms with Crippen LogP contribution in [0.2, 0.25) is 5.02 Å². The van der Waals surface area contributed by atoms with Gasteiger partial charge in [0.15, 0.2) is 0 Å². The fraction of sp³-hybridized carbons (Fsp3) is 0.455. The second kappa shape index (κ2) is 5.00. The van der Waals surface area contributed by atoms with E-state index < -0.39 is 4.92 Å². The van der Waals surface area contributed by atoms with Crippen LogP contribution >= 0.6 is 11.6 Å². The molecule has 1 aliphatic heterocycles. The van der Waals surface area contributed by atoms with Gasteiger partial charge in [-0.1, -0.05) is 11.6 Å². The number of aliphatic hydroxyl groups is 1. The van der Waals surface area contributed by atoms with E-state index in [9.17, 15) is 15.2 Å². The number of benzene rings is 1. The van der Waals surface area contributed by atoms with Gasteiger partial charge in [-0.25, -0.2) is 0 Å². The molecule has 0 saturated carbocycles. The maximum absolute atomic E-state index is 10.6. The van der Waals surface area contributed by atoms with Crippen molar-refractivity contribution in [1.29, 1.82) is 0 Å². The molecule has 17 heavy (non-hydrogen) atoms. The maximum atomic E-state index is 10.6. The lowest BCUT2D eigenvalue weighted by Crippen LogP contribution is -2.21. The minimum Gasteiger partial charge on any atom is -0.392 e. The highest BCUT2D eigenvalue weighted by Gasteiger charge is 2.21. The van der Waals surface area contributed by atoms with Crippen LogP contribution in [0.1, 0.15) is 12.0 Å². The van der Waals surface area contributed by atoms with Crippen molar-refractivity contribution in [2.24, 2.45) is 0 Å². The number of rotatable bonds is 3. The van der Waals surface area contributed by atoms with Crippen molar-refractivity contribution >= 4 is 17.3 Å². The summed E-state index contributed by atoms with van der Waals surface area (Å²) in [6.07, 6.45) is 0.497. The molecule has 92 valence electrons. The van der Waals surface area contributed by atoms with E-state index in [-0.39, 0.29) is 11.8 Å². The van der Waals surface area contributed by atoms with E-state index in [0.717, 1.165) is 18.5 Å². The number of likely N-dealkylation sites (tertiary alicyclic amines) is 1. The molecule has 1 aromatic carbocycles. The van der Waals surface area contributed by atoms with Crippen LogP contribution in [0.3, 0.4) is 0 Å². The topological polar surface area (TPSA) is 66.6 Å². The van der Waals surface area contributed by atoms with Gasteiger partial charge in [0.1, 0.15) is 0 Å². The molecule has 1 aromatic rings. The molecule has 0 bridgehead atoms. The van der Waals surface area contributed by atoms with Gasteiger partial charge in [-0.2, -0.15) is 0 Å². The fourth-order valence-corrected chi connectivity index (χ4v) is 2.21. The Balaban J connectivity index is 2.09. The lowest BCUT2D eigenvalue weighted by Gasteiger charge is -2.15. The van der Waals surface area contributed by atoms with Gasteiger partial charge in [-0.3, -0.25) is 15.0 Å². The van der Waals surface area contributed by atoms with Gasteiger partial charge in [0.25, 0.3) is 5.69 Å². The van der Waals surface area contributed by atoms with Crippen molar-refractivity contribution in [2.75, 3.05) is 13.1 Å². The maximum Gasteiger partial charge on any atom is 0.270 e. The van der Waals surface area contributed by atoms with E-state index in [1.54, 1.807) is 6.07 Å². The number of halogens is 1. The highest BCUT2D eigenvalue weighted by atomic mass is 35.5. The second-order valence-corrected chi connectivity index (χ2v) is 4.62. The SMILES string of the molecule is O=[N+]([O-])c1ccc(CN2CC[C@H](O)C2)c(Cl)c1. The molecular formula is C11H13ClN2O3. The van der Waals surface area contributed by atoms with Gasteiger partial charge < -0.3 is 5.11 Å². The highest BCUT2D eigenvalue weighted by molar-refractivity contribution is 6.31. The van der Waals surface area contributed by atoms with Crippen LogP contribution in [0.25, 0.3) is 0 Å². The molecule has 0 aromatic heterocycles. The average Bonchev–Trinajstić information content (AvgIpc) is 2.67. The number of nitro benzene ring substituents is 1. The molecule has 0 amide bonds. The predicted molar refractivity (Wildman–Crippen MR) is 64.0 cm³/mol. The number of hydrogen-bond acceptors (Lipinski definition) is 4. The first-order chi connectivity index (χ1) is 8.06. The third kappa shape index (κ3) is 2.94. The van der Waals surface area contributed by atoms with Gasteiger partial charge in [-0.15, -0.1) is 0 Å². The van der Waals surface area contributed by atoms with Gasteiger partial charge in [0.05, 0.1) is 16.0 Å². The largest absolute Gasteiger partial charge is 0.392 e. The van der Waals surface area contributed by atoms with Crippen molar-refractivity contribution in [2.45, 2.75) is 19.1 Å². The minimum absolute atomic E-state index is 0.000191.